The topological polar surface area (TPSA) is 43.4 Å². The molecule has 0 saturated heterocycles. The average molecular weight is 259 g/mol. The van der Waals surface area contributed by atoms with Gasteiger partial charge in [-0.3, -0.25) is 9.59 Å². The molecular formula is C11H11ClO3S. The van der Waals surface area contributed by atoms with Gasteiger partial charge >= 0.3 is 5.97 Å². The lowest BCUT2D eigenvalue weighted by molar-refractivity contribution is -0.139. The van der Waals surface area contributed by atoms with E-state index >= 15 is 0 Å². The molecule has 0 heterocycles. The Morgan fingerprint density at radius 1 is 1.56 bits per heavy atom. The number of carbonyl (C=O) groups excluding carboxylic acids is 2. The van der Waals surface area contributed by atoms with Gasteiger partial charge < -0.3 is 4.74 Å². The van der Waals surface area contributed by atoms with E-state index in [4.69, 9.17) is 16.3 Å². The molecular weight excluding hydrogens is 248 g/mol. The number of carbonyl (C=O) groups is 2. The number of thioether (sulfide) groups is 1. The fourth-order valence-corrected chi connectivity index (χ4v) is 2.12. The molecule has 0 atom stereocenters. The molecule has 1 aromatic rings. The predicted molar refractivity (Wildman–Crippen MR) is 64.2 cm³/mol. The molecule has 0 saturated carbocycles. The monoisotopic (exact) mass is 258 g/mol. The third-order valence-corrected chi connectivity index (χ3v) is 3.21. The molecule has 0 amide bonds. The van der Waals surface area contributed by atoms with E-state index in [2.05, 4.69) is 0 Å². The second-order valence-electron chi connectivity index (χ2n) is 2.90. The molecule has 0 N–H and O–H groups in total. The van der Waals surface area contributed by atoms with E-state index in [1.54, 1.807) is 25.1 Å². The molecule has 0 aliphatic carbocycles. The van der Waals surface area contributed by atoms with Gasteiger partial charge in [-0.2, -0.15) is 0 Å². The summed E-state index contributed by atoms with van der Waals surface area (Å²) in [5, 5.41) is 0.471. The SMILES string of the molecule is CCOC(=O)CSc1ccc(C=O)cc1Cl. The van der Waals surface area contributed by atoms with Crippen molar-refractivity contribution in [1.82, 2.24) is 0 Å². The Morgan fingerprint density at radius 2 is 2.31 bits per heavy atom. The summed E-state index contributed by atoms with van der Waals surface area (Å²) in [6.45, 7) is 2.13. The molecule has 0 aromatic heterocycles. The number of halogens is 1. The van der Waals surface area contributed by atoms with Crippen molar-refractivity contribution in [1.29, 1.82) is 0 Å². The van der Waals surface area contributed by atoms with Crippen LogP contribution in [0.3, 0.4) is 0 Å². The van der Waals surface area contributed by atoms with Crippen LogP contribution in [-0.4, -0.2) is 24.6 Å². The maximum absolute atomic E-state index is 11.1. The largest absolute Gasteiger partial charge is 0.465 e. The Labute approximate surface area is 103 Å². The Hall–Kier alpha value is -1.00. The molecule has 0 bridgehead atoms. The van der Waals surface area contributed by atoms with Crippen LogP contribution in [0, 0.1) is 0 Å². The second-order valence-corrected chi connectivity index (χ2v) is 4.33. The number of ether oxygens (including phenoxy) is 1. The van der Waals surface area contributed by atoms with E-state index in [9.17, 15) is 9.59 Å². The number of hydrogen-bond donors (Lipinski definition) is 0. The van der Waals surface area contributed by atoms with Crippen molar-refractivity contribution in [2.75, 3.05) is 12.4 Å². The van der Waals surface area contributed by atoms with Crippen molar-refractivity contribution in [3.63, 3.8) is 0 Å². The summed E-state index contributed by atoms with van der Waals surface area (Å²) in [6, 6.07) is 4.95. The van der Waals surface area contributed by atoms with Gasteiger partial charge in [0.15, 0.2) is 0 Å². The van der Waals surface area contributed by atoms with Crippen molar-refractivity contribution < 1.29 is 14.3 Å². The standard InChI is InChI=1S/C11H11ClO3S/c1-2-15-11(14)7-16-10-4-3-8(6-13)5-9(10)12/h3-6H,2,7H2,1H3. The van der Waals surface area contributed by atoms with Gasteiger partial charge in [0.1, 0.15) is 6.29 Å². The molecule has 1 aromatic carbocycles. The first-order chi connectivity index (χ1) is 7.67. The summed E-state index contributed by atoms with van der Waals surface area (Å²) < 4.78 is 4.79. The lowest BCUT2D eigenvalue weighted by Gasteiger charge is -2.04. The molecule has 1 rings (SSSR count). The second kappa shape index (κ2) is 6.55. The molecule has 0 unspecified atom stereocenters. The van der Waals surface area contributed by atoms with Crippen LogP contribution in [0.25, 0.3) is 0 Å². The quantitative estimate of drug-likeness (QED) is 0.463. The van der Waals surface area contributed by atoms with Gasteiger partial charge in [-0.15, -0.1) is 11.8 Å². The van der Waals surface area contributed by atoms with E-state index in [-0.39, 0.29) is 11.7 Å². The first-order valence-electron chi connectivity index (χ1n) is 4.70. The molecule has 86 valence electrons. The number of aldehydes is 1. The summed E-state index contributed by atoms with van der Waals surface area (Å²) in [4.78, 5) is 22.4. The van der Waals surface area contributed by atoms with Crippen LogP contribution in [0.4, 0.5) is 0 Å². The van der Waals surface area contributed by atoms with E-state index in [1.165, 1.54) is 11.8 Å². The van der Waals surface area contributed by atoms with Crippen molar-refractivity contribution in [3.8, 4) is 0 Å². The highest BCUT2D eigenvalue weighted by Gasteiger charge is 2.06. The number of rotatable bonds is 5. The third-order valence-electron chi connectivity index (χ3n) is 1.74. The van der Waals surface area contributed by atoms with Gasteiger partial charge in [0, 0.05) is 10.5 Å². The predicted octanol–water partition coefficient (Wildman–Crippen LogP) is 2.81. The lowest BCUT2D eigenvalue weighted by Crippen LogP contribution is -2.06. The minimum Gasteiger partial charge on any atom is -0.465 e. The van der Waals surface area contributed by atoms with Crippen LogP contribution in [0.2, 0.25) is 5.02 Å². The zero-order chi connectivity index (χ0) is 12.0. The van der Waals surface area contributed by atoms with Gasteiger partial charge in [-0.25, -0.2) is 0 Å². The zero-order valence-electron chi connectivity index (χ0n) is 8.73. The molecule has 0 radical (unpaired) electrons. The Bertz CT molecular complexity index is 393. The van der Waals surface area contributed by atoms with Crippen LogP contribution in [0.5, 0.6) is 0 Å². The van der Waals surface area contributed by atoms with Crippen LogP contribution >= 0.6 is 23.4 Å². The Kier molecular flexibility index (Phi) is 5.35. The van der Waals surface area contributed by atoms with Crippen LogP contribution in [-0.2, 0) is 9.53 Å². The van der Waals surface area contributed by atoms with Crippen molar-refractivity contribution in [3.05, 3.63) is 28.8 Å². The minimum atomic E-state index is -0.275. The summed E-state index contributed by atoms with van der Waals surface area (Å²) in [5.74, 6) is -0.0587. The molecule has 5 heteroatoms. The molecule has 0 fully saturated rings. The fraction of sp³-hybridized carbons (Fsp3) is 0.273. The Balaban J connectivity index is 2.60. The highest BCUT2D eigenvalue weighted by atomic mass is 35.5. The van der Waals surface area contributed by atoms with Gasteiger partial charge in [0.2, 0.25) is 0 Å². The zero-order valence-corrected chi connectivity index (χ0v) is 10.3. The van der Waals surface area contributed by atoms with Crippen LogP contribution < -0.4 is 0 Å². The van der Waals surface area contributed by atoms with Gasteiger partial charge in [0.25, 0.3) is 0 Å². The summed E-state index contributed by atoms with van der Waals surface area (Å²) >= 11 is 7.23. The third kappa shape index (κ3) is 3.87. The van der Waals surface area contributed by atoms with Gasteiger partial charge in [-0.1, -0.05) is 17.7 Å². The summed E-state index contributed by atoms with van der Waals surface area (Å²) in [5.41, 5.74) is 0.519. The van der Waals surface area contributed by atoms with Gasteiger partial charge in [0.05, 0.1) is 17.4 Å². The molecule has 0 aliphatic heterocycles. The van der Waals surface area contributed by atoms with E-state index in [0.717, 1.165) is 11.2 Å². The number of hydrogen-bond acceptors (Lipinski definition) is 4. The fourth-order valence-electron chi connectivity index (χ4n) is 1.05. The highest BCUT2D eigenvalue weighted by molar-refractivity contribution is 8.00. The highest BCUT2D eigenvalue weighted by Crippen LogP contribution is 2.27. The van der Waals surface area contributed by atoms with Gasteiger partial charge in [-0.05, 0) is 19.1 Å². The van der Waals surface area contributed by atoms with E-state index in [0.29, 0.717) is 17.2 Å². The molecule has 16 heavy (non-hydrogen) atoms. The normalized spacial score (nSPS) is 9.88. The minimum absolute atomic E-state index is 0.216. The first kappa shape index (κ1) is 13.1. The maximum Gasteiger partial charge on any atom is 0.316 e. The van der Waals surface area contributed by atoms with Crippen molar-refractivity contribution >= 4 is 35.6 Å². The van der Waals surface area contributed by atoms with Crippen molar-refractivity contribution in [2.45, 2.75) is 11.8 Å². The average Bonchev–Trinajstić information content (AvgIpc) is 2.27. The first-order valence-corrected chi connectivity index (χ1v) is 6.07. The van der Waals surface area contributed by atoms with Crippen molar-refractivity contribution in [2.24, 2.45) is 0 Å². The smallest absolute Gasteiger partial charge is 0.316 e. The molecule has 0 aliphatic rings. The van der Waals surface area contributed by atoms with E-state index in [1.807, 2.05) is 0 Å². The number of benzene rings is 1. The molecule has 0 spiro atoms. The summed E-state index contributed by atoms with van der Waals surface area (Å²) in [7, 11) is 0. The molecule has 3 nitrogen and oxygen atoms in total. The Morgan fingerprint density at radius 3 is 2.88 bits per heavy atom. The summed E-state index contributed by atoms with van der Waals surface area (Å²) in [6.07, 6.45) is 0.728. The van der Waals surface area contributed by atoms with Crippen LogP contribution in [0.15, 0.2) is 23.1 Å². The number of esters is 1. The van der Waals surface area contributed by atoms with E-state index < -0.39 is 0 Å². The van der Waals surface area contributed by atoms with Crippen LogP contribution in [0.1, 0.15) is 17.3 Å². The lowest BCUT2D eigenvalue weighted by atomic mass is 10.2. The maximum atomic E-state index is 11.1.